The molecule has 2 aromatic rings. The van der Waals surface area contributed by atoms with E-state index in [-0.39, 0.29) is 4.90 Å². The summed E-state index contributed by atoms with van der Waals surface area (Å²) in [6, 6.07) is 6.31. The summed E-state index contributed by atoms with van der Waals surface area (Å²) in [5, 5.41) is 8.91. The standard InChI is InChI=1S/C9H6N4O2S2/c10-5-13-17(14,15)8-4-2-1-3-7(8)9-11-6-12-16-9/h1-4,6,13H. The van der Waals surface area contributed by atoms with E-state index in [1.165, 1.54) is 18.6 Å². The molecule has 0 atom stereocenters. The minimum absolute atomic E-state index is 0.0123. The van der Waals surface area contributed by atoms with Crippen molar-refractivity contribution in [3.8, 4) is 16.8 Å². The third-order valence-corrected chi connectivity index (χ3v) is 3.94. The molecule has 8 heteroatoms. The quantitative estimate of drug-likeness (QED) is 0.659. The van der Waals surface area contributed by atoms with Crippen LogP contribution in [0, 0.1) is 11.5 Å². The maximum Gasteiger partial charge on any atom is 0.270 e. The number of nitrogens with one attached hydrogen (secondary N) is 1. The molecule has 1 N–H and O–H groups in total. The highest BCUT2D eigenvalue weighted by Crippen LogP contribution is 2.27. The molecule has 1 heterocycles. The van der Waals surface area contributed by atoms with Gasteiger partial charge in [-0.05, 0) is 17.6 Å². The van der Waals surface area contributed by atoms with Gasteiger partial charge in [-0.25, -0.2) is 18.1 Å². The SMILES string of the molecule is N#CNS(=O)(=O)c1ccccc1-c1ncns1. The van der Waals surface area contributed by atoms with Crippen LogP contribution in [0.3, 0.4) is 0 Å². The molecular weight excluding hydrogens is 260 g/mol. The molecule has 1 aromatic heterocycles. The average molecular weight is 266 g/mol. The lowest BCUT2D eigenvalue weighted by atomic mass is 10.2. The fourth-order valence-electron chi connectivity index (χ4n) is 1.28. The van der Waals surface area contributed by atoms with E-state index in [0.717, 1.165) is 11.5 Å². The fraction of sp³-hybridized carbons (Fsp3) is 0. The first-order chi connectivity index (χ1) is 8.15. The van der Waals surface area contributed by atoms with E-state index >= 15 is 0 Å². The zero-order valence-electron chi connectivity index (χ0n) is 8.36. The van der Waals surface area contributed by atoms with Crippen molar-refractivity contribution < 1.29 is 8.42 Å². The van der Waals surface area contributed by atoms with Crippen LogP contribution >= 0.6 is 11.5 Å². The predicted octanol–water partition coefficient (Wildman–Crippen LogP) is 0.964. The largest absolute Gasteiger partial charge is 0.270 e. The van der Waals surface area contributed by atoms with Gasteiger partial charge in [0.15, 0.2) is 6.19 Å². The van der Waals surface area contributed by atoms with Gasteiger partial charge in [-0.3, -0.25) is 0 Å². The maximum atomic E-state index is 11.8. The Balaban J connectivity index is 2.61. The molecule has 0 aliphatic carbocycles. The van der Waals surface area contributed by atoms with Gasteiger partial charge in [-0.2, -0.15) is 9.64 Å². The first-order valence-corrected chi connectivity index (χ1v) is 6.68. The first-order valence-electron chi connectivity index (χ1n) is 4.42. The van der Waals surface area contributed by atoms with E-state index in [9.17, 15) is 8.42 Å². The summed E-state index contributed by atoms with van der Waals surface area (Å²) < 4.78 is 29.1. The summed E-state index contributed by atoms with van der Waals surface area (Å²) >= 11 is 1.09. The highest BCUT2D eigenvalue weighted by Gasteiger charge is 2.19. The van der Waals surface area contributed by atoms with E-state index in [1.54, 1.807) is 22.9 Å². The molecular formula is C9H6N4O2S2. The van der Waals surface area contributed by atoms with Crippen LogP contribution in [0.4, 0.5) is 0 Å². The van der Waals surface area contributed by atoms with Crippen LogP contribution in [0.1, 0.15) is 0 Å². The molecule has 1 aromatic carbocycles. The highest BCUT2D eigenvalue weighted by atomic mass is 32.2. The monoisotopic (exact) mass is 266 g/mol. The normalized spacial score (nSPS) is 10.8. The summed E-state index contributed by atoms with van der Waals surface area (Å²) in [4.78, 5) is 3.97. The number of nitriles is 1. The zero-order chi connectivity index (χ0) is 12.3. The molecule has 2 rings (SSSR count). The smallest absolute Gasteiger partial charge is 0.223 e. The molecule has 0 spiro atoms. The van der Waals surface area contributed by atoms with Gasteiger partial charge >= 0.3 is 0 Å². The molecule has 0 bridgehead atoms. The molecule has 0 aliphatic rings. The number of nitrogens with zero attached hydrogens (tertiary/aromatic N) is 3. The molecule has 86 valence electrons. The van der Waals surface area contributed by atoms with E-state index in [2.05, 4.69) is 9.36 Å². The van der Waals surface area contributed by atoms with Gasteiger partial charge in [0.25, 0.3) is 10.0 Å². The fourth-order valence-corrected chi connectivity index (χ4v) is 2.86. The number of rotatable bonds is 3. The first kappa shape index (κ1) is 11.5. The second-order valence-electron chi connectivity index (χ2n) is 2.96. The third kappa shape index (κ3) is 2.25. The predicted molar refractivity (Wildman–Crippen MR) is 61.3 cm³/mol. The highest BCUT2D eigenvalue weighted by molar-refractivity contribution is 7.89. The van der Waals surface area contributed by atoms with Crippen LogP contribution in [-0.4, -0.2) is 17.8 Å². The Labute approximate surface area is 102 Å². The van der Waals surface area contributed by atoms with Crippen molar-refractivity contribution in [2.75, 3.05) is 0 Å². The number of hydrogen-bond donors (Lipinski definition) is 1. The topological polar surface area (TPSA) is 95.7 Å². The van der Waals surface area contributed by atoms with Crippen molar-refractivity contribution in [2.45, 2.75) is 4.90 Å². The van der Waals surface area contributed by atoms with Gasteiger partial charge in [0, 0.05) is 5.56 Å². The molecule has 0 unspecified atom stereocenters. The van der Waals surface area contributed by atoms with Crippen molar-refractivity contribution in [2.24, 2.45) is 0 Å². The lowest BCUT2D eigenvalue weighted by Gasteiger charge is -2.05. The van der Waals surface area contributed by atoms with Crippen molar-refractivity contribution in [3.05, 3.63) is 30.6 Å². The zero-order valence-corrected chi connectivity index (χ0v) is 9.99. The average Bonchev–Trinajstić information content (AvgIpc) is 2.82. The van der Waals surface area contributed by atoms with Gasteiger partial charge in [-0.1, -0.05) is 18.2 Å². The van der Waals surface area contributed by atoms with Crippen molar-refractivity contribution >= 4 is 21.6 Å². The van der Waals surface area contributed by atoms with Crippen LogP contribution < -0.4 is 4.72 Å². The van der Waals surface area contributed by atoms with E-state index in [1.807, 2.05) is 0 Å². The van der Waals surface area contributed by atoms with E-state index in [4.69, 9.17) is 5.26 Å². The molecule has 0 saturated heterocycles. The number of hydrogen-bond acceptors (Lipinski definition) is 6. The Morgan fingerprint density at radius 2 is 2.12 bits per heavy atom. The number of aromatic nitrogens is 2. The maximum absolute atomic E-state index is 11.8. The molecule has 0 radical (unpaired) electrons. The van der Waals surface area contributed by atoms with Crippen LogP contribution in [0.2, 0.25) is 0 Å². The molecule has 0 saturated carbocycles. The summed E-state index contributed by atoms with van der Waals surface area (Å²) in [6.45, 7) is 0. The summed E-state index contributed by atoms with van der Waals surface area (Å²) in [7, 11) is -3.84. The molecule has 17 heavy (non-hydrogen) atoms. The van der Waals surface area contributed by atoms with Gasteiger partial charge in [0.2, 0.25) is 0 Å². The Bertz CT molecular complexity index is 659. The number of benzene rings is 1. The van der Waals surface area contributed by atoms with Crippen LogP contribution in [-0.2, 0) is 10.0 Å². The molecule has 0 fully saturated rings. The van der Waals surface area contributed by atoms with Gasteiger partial charge < -0.3 is 0 Å². The third-order valence-electron chi connectivity index (χ3n) is 1.95. The second-order valence-corrected chi connectivity index (χ2v) is 5.39. The van der Waals surface area contributed by atoms with Gasteiger partial charge in [0.05, 0.1) is 4.90 Å². The second kappa shape index (κ2) is 4.48. The summed E-state index contributed by atoms with van der Waals surface area (Å²) in [5.74, 6) is 0. The number of sulfonamides is 1. The summed E-state index contributed by atoms with van der Waals surface area (Å²) in [5.41, 5.74) is 0.428. The minimum Gasteiger partial charge on any atom is -0.223 e. The van der Waals surface area contributed by atoms with Gasteiger partial charge in [0.1, 0.15) is 11.3 Å². The minimum atomic E-state index is -3.84. The van der Waals surface area contributed by atoms with Crippen molar-refractivity contribution in [3.63, 3.8) is 0 Å². The lowest BCUT2D eigenvalue weighted by molar-refractivity contribution is 0.591. The van der Waals surface area contributed by atoms with Crippen molar-refractivity contribution in [1.82, 2.24) is 14.1 Å². The van der Waals surface area contributed by atoms with Crippen LogP contribution in [0.25, 0.3) is 10.6 Å². The molecule has 0 amide bonds. The Morgan fingerprint density at radius 3 is 2.76 bits per heavy atom. The van der Waals surface area contributed by atoms with E-state index < -0.39 is 10.0 Å². The molecule has 0 aliphatic heterocycles. The summed E-state index contributed by atoms with van der Waals surface area (Å²) in [6.07, 6.45) is 2.76. The lowest BCUT2D eigenvalue weighted by Crippen LogP contribution is -2.18. The van der Waals surface area contributed by atoms with Crippen LogP contribution in [0.5, 0.6) is 0 Å². The Kier molecular flexibility index (Phi) is 3.03. The van der Waals surface area contributed by atoms with Crippen molar-refractivity contribution in [1.29, 1.82) is 5.26 Å². The Hall–Kier alpha value is -1.98. The van der Waals surface area contributed by atoms with Crippen LogP contribution in [0.15, 0.2) is 35.5 Å². The molecule has 6 nitrogen and oxygen atoms in total. The Morgan fingerprint density at radius 1 is 1.35 bits per heavy atom. The van der Waals surface area contributed by atoms with Gasteiger partial charge in [-0.15, -0.1) is 0 Å². The van der Waals surface area contributed by atoms with E-state index in [0.29, 0.717) is 10.6 Å².